The lowest BCUT2D eigenvalue weighted by Crippen LogP contribution is -2.15. The average molecular weight is 395 g/mol. The van der Waals surface area contributed by atoms with Crippen molar-refractivity contribution >= 4 is 28.3 Å². The largest absolute Gasteiger partial charge is 0.490 e. The fourth-order valence-corrected chi connectivity index (χ4v) is 2.78. The van der Waals surface area contributed by atoms with Crippen LogP contribution in [0.5, 0.6) is 11.5 Å². The van der Waals surface area contributed by atoms with E-state index in [1.165, 1.54) is 31.2 Å². The second-order valence-corrected chi connectivity index (χ2v) is 5.86. The first kappa shape index (κ1) is 21.6. The molecule has 0 radical (unpaired) electrons. The van der Waals surface area contributed by atoms with Gasteiger partial charge in [-0.1, -0.05) is 26.2 Å². The van der Waals surface area contributed by atoms with E-state index in [0.29, 0.717) is 13.2 Å². The van der Waals surface area contributed by atoms with Crippen molar-refractivity contribution in [2.75, 3.05) is 19.8 Å². The Balaban J connectivity index is 0.00000441. The highest BCUT2D eigenvalue weighted by atomic mass is 79.9. The molecular weight excluding hydrogens is 366 g/mol. The number of hydrogen-bond acceptors (Lipinski definition) is 3. The minimum absolute atomic E-state index is 0. The number of unbranched alkanes of at least 4 members (excludes halogenated alkanes) is 3. The second kappa shape index (κ2) is 13.0. The zero-order valence-corrected chi connectivity index (χ0v) is 16.3. The van der Waals surface area contributed by atoms with Gasteiger partial charge in [-0.25, -0.2) is 0 Å². The average Bonchev–Trinajstić information content (AvgIpc) is 2.46. The Labute approximate surface area is 149 Å². The zero-order valence-electron chi connectivity index (χ0n) is 13.9. The van der Waals surface area contributed by atoms with E-state index in [0.717, 1.165) is 29.1 Å². The highest BCUT2D eigenvalue weighted by molar-refractivity contribution is 9.10. The molecule has 0 aromatic heterocycles. The van der Waals surface area contributed by atoms with Crippen molar-refractivity contribution in [2.45, 2.75) is 53.0 Å². The van der Waals surface area contributed by atoms with E-state index in [1.807, 2.05) is 13.8 Å². The Bertz CT molecular complexity index is 416. The van der Waals surface area contributed by atoms with Gasteiger partial charge in [-0.15, -0.1) is 12.4 Å². The lowest BCUT2D eigenvalue weighted by molar-refractivity contribution is 0.286. The minimum Gasteiger partial charge on any atom is -0.490 e. The van der Waals surface area contributed by atoms with Gasteiger partial charge >= 0.3 is 0 Å². The summed E-state index contributed by atoms with van der Waals surface area (Å²) in [7, 11) is 0. The molecule has 0 aliphatic rings. The molecule has 22 heavy (non-hydrogen) atoms. The molecule has 128 valence electrons. The highest BCUT2D eigenvalue weighted by Crippen LogP contribution is 2.36. The van der Waals surface area contributed by atoms with Crippen LogP contribution >= 0.6 is 28.3 Å². The topological polar surface area (TPSA) is 30.5 Å². The van der Waals surface area contributed by atoms with Crippen molar-refractivity contribution in [1.82, 2.24) is 5.32 Å². The van der Waals surface area contributed by atoms with Crippen LogP contribution in [0, 0.1) is 0 Å². The van der Waals surface area contributed by atoms with E-state index in [2.05, 4.69) is 40.3 Å². The summed E-state index contributed by atoms with van der Waals surface area (Å²) in [6.07, 6.45) is 5.15. The molecule has 1 aromatic rings. The van der Waals surface area contributed by atoms with Crippen LogP contribution in [0.4, 0.5) is 0 Å². The normalized spacial score (nSPS) is 10.2. The molecule has 1 aromatic carbocycles. The summed E-state index contributed by atoms with van der Waals surface area (Å²) in [6.45, 7) is 9.40. The van der Waals surface area contributed by atoms with Gasteiger partial charge in [0.25, 0.3) is 0 Å². The van der Waals surface area contributed by atoms with Gasteiger partial charge < -0.3 is 14.8 Å². The van der Waals surface area contributed by atoms with Crippen LogP contribution in [-0.2, 0) is 6.54 Å². The third-order valence-electron chi connectivity index (χ3n) is 3.19. The molecule has 5 heteroatoms. The van der Waals surface area contributed by atoms with Crippen molar-refractivity contribution in [3.05, 3.63) is 22.2 Å². The second-order valence-electron chi connectivity index (χ2n) is 5.01. The van der Waals surface area contributed by atoms with Gasteiger partial charge in [-0.2, -0.15) is 0 Å². The summed E-state index contributed by atoms with van der Waals surface area (Å²) < 4.78 is 12.3. The summed E-state index contributed by atoms with van der Waals surface area (Å²) in [6, 6.07) is 4.17. The Morgan fingerprint density at radius 3 is 2.36 bits per heavy atom. The van der Waals surface area contributed by atoms with E-state index in [4.69, 9.17) is 9.47 Å². The number of hydrogen-bond donors (Lipinski definition) is 1. The Hall–Kier alpha value is -0.450. The maximum Gasteiger partial charge on any atom is 0.175 e. The first-order chi connectivity index (χ1) is 10.2. The lowest BCUT2D eigenvalue weighted by Gasteiger charge is -2.15. The first-order valence-electron chi connectivity index (χ1n) is 8.01. The highest BCUT2D eigenvalue weighted by Gasteiger charge is 2.11. The summed E-state index contributed by atoms with van der Waals surface area (Å²) in [4.78, 5) is 0. The summed E-state index contributed by atoms with van der Waals surface area (Å²) in [5.41, 5.74) is 1.21. The van der Waals surface area contributed by atoms with Gasteiger partial charge in [-0.05, 0) is 60.4 Å². The van der Waals surface area contributed by atoms with E-state index in [-0.39, 0.29) is 12.4 Å². The SMILES string of the molecule is CCCCCCNCc1cc(Br)c(OCC)c(OCC)c1.Cl. The molecule has 0 aliphatic heterocycles. The van der Waals surface area contributed by atoms with Crippen LogP contribution in [0.15, 0.2) is 16.6 Å². The molecule has 0 atom stereocenters. The van der Waals surface area contributed by atoms with Crippen LogP contribution in [0.2, 0.25) is 0 Å². The molecule has 0 saturated heterocycles. The number of nitrogens with one attached hydrogen (secondary N) is 1. The van der Waals surface area contributed by atoms with Crippen molar-refractivity contribution in [3.8, 4) is 11.5 Å². The third-order valence-corrected chi connectivity index (χ3v) is 3.78. The molecule has 0 spiro atoms. The zero-order chi connectivity index (χ0) is 15.5. The lowest BCUT2D eigenvalue weighted by atomic mass is 10.2. The van der Waals surface area contributed by atoms with Crippen LogP contribution in [0.3, 0.4) is 0 Å². The molecule has 0 aliphatic carbocycles. The predicted molar refractivity (Wildman–Crippen MR) is 99.6 cm³/mol. The number of rotatable bonds is 11. The molecule has 3 nitrogen and oxygen atoms in total. The molecule has 0 fully saturated rings. The molecule has 0 heterocycles. The molecule has 0 saturated carbocycles. The van der Waals surface area contributed by atoms with Gasteiger partial charge in [0.05, 0.1) is 17.7 Å². The van der Waals surface area contributed by atoms with E-state index in [9.17, 15) is 0 Å². The fraction of sp³-hybridized carbons (Fsp3) is 0.647. The Kier molecular flexibility index (Phi) is 12.8. The quantitative estimate of drug-likeness (QED) is 0.514. The molecule has 0 unspecified atom stereocenters. The van der Waals surface area contributed by atoms with Crippen molar-refractivity contribution in [2.24, 2.45) is 0 Å². The van der Waals surface area contributed by atoms with Crippen molar-refractivity contribution in [1.29, 1.82) is 0 Å². The Morgan fingerprint density at radius 2 is 1.73 bits per heavy atom. The first-order valence-corrected chi connectivity index (χ1v) is 8.80. The van der Waals surface area contributed by atoms with Gasteiger partial charge in [-0.3, -0.25) is 0 Å². The van der Waals surface area contributed by atoms with Crippen molar-refractivity contribution < 1.29 is 9.47 Å². The van der Waals surface area contributed by atoms with E-state index >= 15 is 0 Å². The Morgan fingerprint density at radius 1 is 1.00 bits per heavy atom. The van der Waals surface area contributed by atoms with Gasteiger partial charge in [0.2, 0.25) is 0 Å². The van der Waals surface area contributed by atoms with Crippen LogP contribution in [0.1, 0.15) is 52.0 Å². The number of ether oxygens (including phenoxy) is 2. The van der Waals surface area contributed by atoms with Gasteiger partial charge in [0, 0.05) is 6.54 Å². The predicted octanol–water partition coefficient (Wildman–Crippen LogP) is 5.34. The van der Waals surface area contributed by atoms with Gasteiger partial charge in [0.1, 0.15) is 0 Å². The molecule has 1 rings (SSSR count). The molecule has 1 N–H and O–H groups in total. The number of benzene rings is 1. The number of halogens is 2. The van der Waals surface area contributed by atoms with E-state index < -0.39 is 0 Å². The molecule has 0 amide bonds. The molecule has 0 bridgehead atoms. The van der Waals surface area contributed by atoms with Crippen LogP contribution in [-0.4, -0.2) is 19.8 Å². The minimum atomic E-state index is 0. The standard InChI is InChI=1S/C17H28BrNO2.ClH/c1-4-7-8-9-10-19-13-14-11-15(18)17(21-6-3)16(12-14)20-5-2;/h11-12,19H,4-10,13H2,1-3H3;1H. The monoisotopic (exact) mass is 393 g/mol. The van der Waals surface area contributed by atoms with Crippen molar-refractivity contribution in [3.63, 3.8) is 0 Å². The smallest absolute Gasteiger partial charge is 0.175 e. The van der Waals surface area contributed by atoms with Crippen LogP contribution < -0.4 is 14.8 Å². The maximum absolute atomic E-state index is 5.69. The van der Waals surface area contributed by atoms with E-state index in [1.54, 1.807) is 0 Å². The van der Waals surface area contributed by atoms with Crippen LogP contribution in [0.25, 0.3) is 0 Å². The maximum atomic E-state index is 5.69. The fourth-order valence-electron chi connectivity index (χ4n) is 2.18. The third kappa shape index (κ3) is 7.70. The summed E-state index contributed by atoms with van der Waals surface area (Å²) in [5.74, 6) is 1.61. The molecular formula is C17H29BrClNO2. The summed E-state index contributed by atoms with van der Waals surface area (Å²) >= 11 is 3.58. The summed E-state index contributed by atoms with van der Waals surface area (Å²) in [5, 5.41) is 3.49. The van der Waals surface area contributed by atoms with Gasteiger partial charge in [0.15, 0.2) is 11.5 Å².